The third-order valence-electron chi connectivity index (χ3n) is 3.76. The van der Waals surface area contributed by atoms with Crippen LogP contribution in [0, 0.1) is 0 Å². The number of rotatable bonds is 4. The average Bonchev–Trinajstić information content (AvgIpc) is 2.58. The second kappa shape index (κ2) is 8.45. The van der Waals surface area contributed by atoms with Crippen molar-refractivity contribution in [2.75, 3.05) is 0 Å². The predicted octanol–water partition coefficient (Wildman–Crippen LogP) is 4.42. The van der Waals surface area contributed by atoms with Crippen LogP contribution >= 0.6 is 0 Å². The molecule has 0 heterocycles. The van der Waals surface area contributed by atoms with Gasteiger partial charge in [0.05, 0.1) is 0 Å². The Morgan fingerprint density at radius 3 is 2.07 bits per heavy atom. The molecule has 0 aromatic heterocycles. The molecule has 0 aliphatic heterocycles. The Morgan fingerprint density at radius 1 is 0.931 bits per heavy atom. The normalized spacial score (nSPS) is 12.6. The molecule has 0 saturated heterocycles. The van der Waals surface area contributed by atoms with Crippen LogP contribution < -0.4 is 5.32 Å². The van der Waals surface area contributed by atoms with E-state index < -0.39 is 29.3 Å². The molecule has 29 heavy (non-hydrogen) atoms. The van der Waals surface area contributed by atoms with Gasteiger partial charge in [0.15, 0.2) is 6.04 Å². The zero-order chi connectivity index (χ0) is 21.8. The second-order valence-corrected chi connectivity index (χ2v) is 8.67. The number of amides is 1. The lowest BCUT2D eigenvalue weighted by atomic mass is 9.98. The molecule has 2 rings (SSSR count). The molecule has 0 spiro atoms. The van der Waals surface area contributed by atoms with Crippen molar-refractivity contribution in [3.05, 3.63) is 53.6 Å². The lowest BCUT2D eigenvalue weighted by Crippen LogP contribution is -2.42. The van der Waals surface area contributed by atoms with Crippen LogP contribution in [0.1, 0.15) is 53.1 Å². The number of hydrogen-bond donors (Lipinski definition) is 1. The van der Waals surface area contributed by atoms with Crippen molar-refractivity contribution in [1.82, 2.24) is 5.32 Å². The zero-order valence-corrected chi connectivity index (χ0v) is 17.6. The van der Waals surface area contributed by atoms with E-state index >= 15 is 0 Å². The largest absolute Gasteiger partial charge is 0.451 e. The minimum Gasteiger partial charge on any atom is -0.451 e. The molecule has 2 aromatic rings. The maximum Gasteiger partial charge on any atom is 0.420 e. The van der Waals surface area contributed by atoms with E-state index in [0.717, 1.165) is 10.8 Å². The molecular formula is C22H27N3O4. The smallest absolute Gasteiger partial charge is 0.420 e. The molecule has 0 fully saturated rings. The molecule has 0 unspecified atom stereocenters. The summed E-state index contributed by atoms with van der Waals surface area (Å²) in [6, 6.07) is 12.0. The summed E-state index contributed by atoms with van der Waals surface area (Å²) in [4.78, 5) is 28.2. The molecule has 1 amide bonds. The quantitative estimate of drug-likeness (QED) is 0.357. The number of fused-ring (bicyclic) bond motifs is 1. The van der Waals surface area contributed by atoms with Crippen molar-refractivity contribution in [1.29, 1.82) is 0 Å². The first-order chi connectivity index (χ1) is 13.4. The van der Waals surface area contributed by atoms with Crippen molar-refractivity contribution < 1.29 is 23.9 Å². The molecule has 1 N–H and O–H groups in total. The Kier molecular flexibility index (Phi) is 6.44. The number of esters is 1. The summed E-state index contributed by atoms with van der Waals surface area (Å²) in [6.45, 7) is 10.3. The highest BCUT2D eigenvalue weighted by atomic mass is 16.6. The van der Waals surface area contributed by atoms with Crippen molar-refractivity contribution in [2.24, 2.45) is 0 Å². The van der Waals surface area contributed by atoms with E-state index in [1.807, 2.05) is 36.4 Å². The number of carbonyl (C=O) groups excluding carboxylic acids is 2. The van der Waals surface area contributed by atoms with Gasteiger partial charge in [0.2, 0.25) is 0 Å². The van der Waals surface area contributed by atoms with Crippen LogP contribution in [0.3, 0.4) is 0 Å². The molecule has 0 saturated carbocycles. The summed E-state index contributed by atoms with van der Waals surface area (Å²) in [5.41, 5.74) is 8.25. The van der Waals surface area contributed by atoms with E-state index in [2.05, 4.69) is 10.1 Å². The van der Waals surface area contributed by atoms with Gasteiger partial charge in [-0.2, -0.15) is 4.79 Å². The Hall–Kier alpha value is -3.18. The Morgan fingerprint density at radius 2 is 1.52 bits per heavy atom. The van der Waals surface area contributed by atoms with Gasteiger partial charge in [-0.25, -0.2) is 9.59 Å². The fourth-order valence-electron chi connectivity index (χ4n) is 2.67. The molecule has 0 bridgehead atoms. The second-order valence-electron chi connectivity index (χ2n) is 8.67. The number of hydrogen-bond acceptors (Lipinski definition) is 4. The first-order valence-corrected chi connectivity index (χ1v) is 9.33. The summed E-state index contributed by atoms with van der Waals surface area (Å²) in [6.07, 6.45) is -0.750. The number of benzene rings is 2. The van der Waals surface area contributed by atoms with E-state index in [1.165, 1.54) is 0 Å². The maximum atomic E-state index is 12.6. The number of carbonyl (C=O) groups is 2. The third-order valence-corrected chi connectivity index (χ3v) is 3.76. The summed E-state index contributed by atoms with van der Waals surface area (Å²) in [7, 11) is 0. The minimum absolute atomic E-state index is 0.346. The molecule has 1 atom stereocenters. The topological polar surface area (TPSA) is 101 Å². The van der Waals surface area contributed by atoms with Gasteiger partial charge in [-0.05, 0) is 63.9 Å². The van der Waals surface area contributed by atoms with Crippen LogP contribution in [0.4, 0.5) is 4.79 Å². The molecule has 0 aliphatic carbocycles. The van der Waals surface area contributed by atoms with Crippen LogP contribution in [-0.4, -0.2) is 33.8 Å². The van der Waals surface area contributed by atoms with Gasteiger partial charge < -0.3 is 20.3 Å². The van der Waals surface area contributed by atoms with E-state index in [9.17, 15) is 15.1 Å². The lowest BCUT2D eigenvalue weighted by molar-refractivity contribution is -0.151. The standard InChI is InChI=1S/C22H27N3O4/c1-21(2,3)28-19(26)18(25-23)17(24-20(27)29-22(4,5)6)16-12-11-14-9-7-8-10-15(14)13-16/h7-13,17H,1-6H3,(H,24,27)/t17-/m1/s1. The molecular weight excluding hydrogens is 370 g/mol. The summed E-state index contributed by atoms with van der Waals surface area (Å²) < 4.78 is 10.7. The van der Waals surface area contributed by atoms with Crippen LogP contribution in [0.15, 0.2) is 42.5 Å². The van der Waals surface area contributed by atoms with E-state index in [0.29, 0.717) is 5.56 Å². The van der Waals surface area contributed by atoms with Gasteiger partial charge >= 0.3 is 17.8 Å². The molecule has 154 valence electrons. The lowest BCUT2D eigenvalue weighted by Gasteiger charge is -2.23. The fourth-order valence-corrected chi connectivity index (χ4v) is 2.67. The number of nitrogens with zero attached hydrogens (tertiary/aromatic N) is 2. The molecule has 2 aromatic carbocycles. The zero-order valence-electron chi connectivity index (χ0n) is 17.6. The summed E-state index contributed by atoms with van der Waals surface area (Å²) in [5, 5.41) is 4.52. The Bertz CT molecular complexity index is 964. The highest BCUT2D eigenvalue weighted by molar-refractivity contribution is 6.36. The van der Waals surface area contributed by atoms with Gasteiger partial charge in [0.1, 0.15) is 11.2 Å². The highest BCUT2D eigenvalue weighted by Crippen LogP contribution is 2.23. The summed E-state index contributed by atoms with van der Waals surface area (Å²) >= 11 is 0. The SMILES string of the molecule is CC(C)(C)OC(=O)N[C@@H](C(=[N+]=[N-])C(=O)OC(C)(C)C)c1ccc2ccccc2c1. The first kappa shape index (κ1) is 22.1. The first-order valence-electron chi connectivity index (χ1n) is 9.33. The van der Waals surface area contributed by atoms with Gasteiger partial charge in [-0.15, -0.1) is 0 Å². The van der Waals surface area contributed by atoms with Gasteiger partial charge in [-0.3, -0.25) is 0 Å². The predicted molar refractivity (Wildman–Crippen MR) is 111 cm³/mol. The Labute approximate surface area is 170 Å². The van der Waals surface area contributed by atoms with E-state index in [4.69, 9.17) is 9.47 Å². The van der Waals surface area contributed by atoms with Gasteiger partial charge in [0, 0.05) is 0 Å². The molecule has 7 nitrogen and oxygen atoms in total. The van der Waals surface area contributed by atoms with Crippen LogP contribution in [0.2, 0.25) is 0 Å². The van der Waals surface area contributed by atoms with Gasteiger partial charge in [0.25, 0.3) is 0 Å². The average molecular weight is 397 g/mol. The molecule has 0 aliphatic rings. The van der Waals surface area contributed by atoms with E-state index in [1.54, 1.807) is 47.6 Å². The minimum atomic E-state index is -1.06. The van der Waals surface area contributed by atoms with E-state index in [-0.39, 0.29) is 5.71 Å². The van der Waals surface area contributed by atoms with Crippen molar-refractivity contribution >= 4 is 28.5 Å². The Balaban J connectivity index is 2.47. The van der Waals surface area contributed by atoms with Crippen LogP contribution in [0.25, 0.3) is 16.3 Å². The fraction of sp³-hybridized carbons (Fsp3) is 0.409. The van der Waals surface area contributed by atoms with Crippen LogP contribution in [0.5, 0.6) is 0 Å². The maximum absolute atomic E-state index is 12.6. The molecule has 7 heteroatoms. The molecule has 0 radical (unpaired) electrons. The van der Waals surface area contributed by atoms with Crippen LogP contribution in [-0.2, 0) is 14.3 Å². The summed E-state index contributed by atoms with van der Waals surface area (Å²) in [5.74, 6) is -0.839. The third kappa shape index (κ3) is 6.43. The monoisotopic (exact) mass is 397 g/mol. The highest BCUT2D eigenvalue weighted by Gasteiger charge is 2.38. The van der Waals surface area contributed by atoms with Crippen molar-refractivity contribution in [3.63, 3.8) is 0 Å². The number of alkyl carbamates (subject to hydrolysis) is 1. The van der Waals surface area contributed by atoms with Gasteiger partial charge in [-0.1, -0.05) is 36.4 Å². The van der Waals surface area contributed by atoms with Crippen molar-refractivity contribution in [3.8, 4) is 0 Å². The number of nitrogens with one attached hydrogen (secondary N) is 1. The number of ether oxygens (including phenoxy) is 2. The van der Waals surface area contributed by atoms with Crippen molar-refractivity contribution in [2.45, 2.75) is 58.8 Å².